The van der Waals surface area contributed by atoms with E-state index in [1.165, 1.54) is 13.2 Å². The molecule has 0 atom stereocenters. The van der Waals surface area contributed by atoms with Crippen molar-refractivity contribution in [1.29, 1.82) is 0 Å². The van der Waals surface area contributed by atoms with Crippen molar-refractivity contribution >= 4 is 51.3 Å². The number of methoxy groups -OCH3 is 2. The van der Waals surface area contributed by atoms with Gasteiger partial charge in [-0.1, -0.05) is 38.2 Å². The van der Waals surface area contributed by atoms with Crippen molar-refractivity contribution in [3.63, 3.8) is 0 Å². The Bertz CT molecular complexity index is 603. The molecule has 0 aromatic heterocycles. The highest BCUT2D eigenvalue weighted by molar-refractivity contribution is 7.64. The van der Waals surface area contributed by atoms with E-state index in [1.807, 2.05) is 18.2 Å². The fourth-order valence-corrected chi connectivity index (χ4v) is 4.31. The number of ether oxygens (including phenoxy) is 3. The fraction of sp³-hybridized carbons (Fsp3) is 0.526. The summed E-state index contributed by atoms with van der Waals surface area (Å²) in [6.07, 6.45) is 9.52. The third kappa shape index (κ3) is 11.5. The molecule has 1 aromatic carbocycles. The molecule has 27 heavy (non-hydrogen) atoms. The molecule has 0 N–H and O–H groups in total. The van der Waals surface area contributed by atoms with Gasteiger partial charge in [0.15, 0.2) is 11.5 Å². The normalized spacial score (nSPS) is 11.6. The van der Waals surface area contributed by atoms with Crippen LogP contribution in [0.5, 0.6) is 11.5 Å². The van der Waals surface area contributed by atoms with Crippen LogP contribution in [0.4, 0.5) is 0 Å². The summed E-state index contributed by atoms with van der Waals surface area (Å²) in [6.45, 7) is 0.634. The van der Waals surface area contributed by atoms with Gasteiger partial charge in [0.1, 0.15) is 0 Å². The van der Waals surface area contributed by atoms with Crippen LogP contribution in [0.25, 0.3) is 6.08 Å². The quantitative estimate of drug-likeness (QED) is 0.116. The summed E-state index contributed by atoms with van der Waals surface area (Å²) >= 11 is 17.6. The van der Waals surface area contributed by atoms with Crippen molar-refractivity contribution < 1.29 is 19.0 Å². The van der Waals surface area contributed by atoms with E-state index in [2.05, 4.69) is 4.74 Å². The van der Waals surface area contributed by atoms with Gasteiger partial charge in [0.2, 0.25) is 0 Å². The van der Waals surface area contributed by atoms with E-state index in [0.29, 0.717) is 18.1 Å². The van der Waals surface area contributed by atoms with Gasteiger partial charge in [-0.3, -0.25) is 0 Å². The summed E-state index contributed by atoms with van der Waals surface area (Å²) in [5, 5.41) is 0. The van der Waals surface area contributed by atoms with Crippen LogP contribution in [0.3, 0.4) is 0 Å². The molecule has 152 valence electrons. The minimum atomic E-state index is -2.44. The van der Waals surface area contributed by atoms with E-state index < -0.39 is 12.0 Å². The van der Waals surface area contributed by atoms with Gasteiger partial charge in [-0.25, -0.2) is 4.79 Å². The van der Waals surface area contributed by atoms with Crippen molar-refractivity contribution in [2.75, 3.05) is 20.8 Å². The molecule has 0 aliphatic carbocycles. The van der Waals surface area contributed by atoms with Gasteiger partial charge >= 0.3 is 12.0 Å². The van der Waals surface area contributed by atoms with Gasteiger partial charge in [-0.15, -0.1) is 33.2 Å². The van der Waals surface area contributed by atoms with E-state index in [0.717, 1.165) is 50.1 Å². The van der Waals surface area contributed by atoms with Crippen molar-refractivity contribution in [3.05, 3.63) is 29.8 Å². The van der Waals surface area contributed by atoms with Crippen LogP contribution in [-0.2, 0) is 9.53 Å². The first-order valence-electron chi connectivity index (χ1n) is 8.99. The maximum absolute atomic E-state index is 11.2. The van der Waals surface area contributed by atoms with Crippen LogP contribution in [0.15, 0.2) is 24.3 Å². The third-order valence-electron chi connectivity index (χ3n) is 3.91. The molecule has 0 aliphatic rings. The van der Waals surface area contributed by atoms with Crippen LogP contribution in [0, 0.1) is 0 Å². The number of rotatable bonds is 13. The Labute approximate surface area is 176 Å². The smallest absolute Gasteiger partial charge is 0.341 e. The zero-order valence-electron chi connectivity index (χ0n) is 15.8. The molecule has 0 bridgehead atoms. The minimum absolute atomic E-state index is 0.399. The van der Waals surface area contributed by atoms with Crippen molar-refractivity contribution in [3.8, 4) is 11.5 Å². The standard InChI is InChI=1S/C19H27Cl3O4Si/c1-24-18-15-16(10-12-19(23)25-2)9-11-17(18)26-13-7-5-3-4-6-8-14-27(20,21)22/h9-12,15H,3-8,13-14H2,1-2H3/b12-10+. The molecule has 0 unspecified atom stereocenters. The highest BCUT2D eigenvalue weighted by Gasteiger charge is 2.23. The summed E-state index contributed by atoms with van der Waals surface area (Å²) in [5.74, 6) is 0.932. The third-order valence-corrected chi connectivity index (χ3v) is 6.53. The first kappa shape index (κ1) is 24.2. The number of carbonyl (C=O) groups excluding carboxylic acids is 1. The molecule has 0 heterocycles. The van der Waals surface area contributed by atoms with Crippen LogP contribution in [0.1, 0.15) is 44.1 Å². The zero-order chi connectivity index (χ0) is 20.1. The second kappa shape index (κ2) is 13.3. The Morgan fingerprint density at radius 1 is 1.00 bits per heavy atom. The molecule has 0 amide bonds. The monoisotopic (exact) mass is 452 g/mol. The maximum atomic E-state index is 11.2. The predicted molar refractivity (Wildman–Crippen MR) is 115 cm³/mol. The lowest BCUT2D eigenvalue weighted by Gasteiger charge is -2.11. The molecule has 0 spiro atoms. The van der Waals surface area contributed by atoms with Gasteiger partial charge < -0.3 is 14.2 Å². The number of halogens is 3. The van der Waals surface area contributed by atoms with Gasteiger partial charge in [0, 0.05) is 6.08 Å². The Balaban J connectivity index is 2.28. The van der Waals surface area contributed by atoms with E-state index in [-0.39, 0.29) is 0 Å². The average Bonchev–Trinajstić information content (AvgIpc) is 2.64. The second-order valence-electron chi connectivity index (χ2n) is 6.10. The van der Waals surface area contributed by atoms with Crippen molar-refractivity contribution in [2.24, 2.45) is 0 Å². The molecule has 0 saturated heterocycles. The average molecular weight is 454 g/mol. The Morgan fingerprint density at radius 2 is 1.67 bits per heavy atom. The fourth-order valence-electron chi connectivity index (χ4n) is 2.46. The zero-order valence-corrected chi connectivity index (χ0v) is 19.1. The number of hydrogen-bond donors (Lipinski definition) is 0. The maximum Gasteiger partial charge on any atom is 0.341 e. The lowest BCUT2D eigenvalue weighted by molar-refractivity contribution is -0.134. The lowest BCUT2D eigenvalue weighted by atomic mass is 10.1. The van der Waals surface area contributed by atoms with E-state index >= 15 is 0 Å². The largest absolute Gasteiger partial charge is 0.493 e. The van der Waals surface area contributed by atoms with Crippen molar-refractivity contribution in [2.45, 2.75) is 44.6 Å². The van der Waals surface area contributed by atoms with Crippen LogP contribution in [-0.4, -0.2) is 32.8 Å². The highest BCUT2D eigenvalue weighted by atomic mass is 35.8. The minimum Gasteiger partial charge on any atom is -0.493 e. The highest BCUT2D eigenvalue weighted by Crippen LogP contribution is 2.29. The molecule has 4 nitrogen and oxygen atoms in total. The Morgan fingerprint density at radius 3 is 2.30 bits per heavy atom. The number of carbonyl (C=O) groups is 1. The van der Waals surface area contributed by atoms with Crippen LogP contribution < -0.4 is 9.47 Å². The van der Waals surface area contributed by atoms with E-state index in [4.69, 9.17) is 42.7 Å². The molecule has 0 saturated carbocycles. The molecule has 0 radical (unpaired) electrons. The summed E-state index contributed by atoms with van der Waals surface area (Å²) in [5.41, 5.74) is 0.836. The SMILES string of the molecule is COC(=O)/C=C/c1ccc(OCCCCCCCC[Si](Cl)(Cl)Cl)c(OC)c1. The first-order valence-corrected chi connectivity index (χ1v) is 14.2. The Hall–Kier alpha value is -0.883. The number of benzene rings is 1. The molecule has 0 aliphatic heterocycles. The van der Waals surface area contributed by atoms with E-state index in [1.54, 1.807) is 13.2 Å². The summed E-state index contributed by atoms with van der Waals surface area (Å²) in [6, 6.07) is 3.83. The molecule has 1 rings (SSSR count). The molecular formula is C19H27Cl3O4Si. The summed E-state index contributed by atoms with van der Waals surface area (Å²) in [4.78, 5) is 11.2. The number of hydrogen-bond acceptors (Lipinski definition) is 4. The molecular weight excluding hydrogens is 427 g/mol. The summed E-state index contributed by atoms with van der Waals surface area (Å²) in [7, 11) is 2.94. The number of esters is 1. The summed E-state index contributed by atoms with van der Waals surface area (Å²) < 4.78 is 15.8. The van der Waals surface area contributed by atoms with Gasteiger partial charge in [-0.05, 0) is 36.2 Å². The molecule has 1 aromatic rings. The van der Waals surface area contributed by atoms with Gasteiger partial charge in [0.05, 0.1) is 20.8 Å². The number of unbranched alkanes of at least 4 members (excludes halogenated alkanes) is 5. The van der Waals surface area contributed by atoms with Gasteiger partial charge in [-0.2, -0.15) is 0 Å². The topological polar surface area (TPSA) is 44.8 Å². The predicted octanol–water partition coefficient (Wildman–Crippen LogP) is 6.26. The van der Waals surface area contributed by atoms with Gasteiger partial charge in [0.25, 0.3) is 0 Å². The van der Waals surface area contributed by atoms with Crippen molar-refractivity contribution in [1.82, 2.24) is 0 Å². The van der Waals surface area contributed by atoms with E-state index in [9.17, 15) is 4.79 Å². The molecule has 0 fully saturated rings. The van der Waals surface area contributed by atoms with Crippen LogP contribution >= 0.6 is 33.2 Å². The lowest BCUT2D eigenvalue weighted by Crippen LogP contribution is -2.07. The first-order chi connectivity index (χ1) is 12.9. The molecule has 8 heteroatoms. The Kier molecular flexibility index (Phi) is 11.9. The second-order valence-corrected chi connectivity index (χ2v) is 15.4. The van der Waals surface area contributed by atoms with Crippen LogP contribution in [0.2, 0.25) is 6.04 Å².